The molecule has 1 fully saturated rings. The van der Waals surface area contributed by atoms with E-state index in [0.717, 1.165) is 28.1 Å². The van der Waals surface area contributed by atoms with Gasteiger partial charge in [-0.15, -0.1) is 0 Å². The molecule has 1 amide bonds. The minimum Gasteiger partial charge on any atom is -0.497 e. The summed E-state index contributed by atoms with van der Waals surface area (Å²) < 4.78 is 5.14. The lowest BCUT2D eigenvalue weighted by Crippen LogP contribution is -2.19. The highest BCUT2D eigenvalue weighted by Gasteiger charge is 2.23. The van der Waals surface area contributed by atoms with Crippen molar-refractivity contribution in [3.63, 3.8) is 0 Å². The van der Waals surface area contributed by atoms with Crippen LogP contribution in [-0.2, 0) is 4.79 Å². The second-order valence-electron chi connectivity index (χ2n) is 5.54. The summed E-state index contributed by atoms with van der Waals surface area (Å²) in [5.41, 5.74) is 4.05. The van der Waals surface area contributed by atoms with E-state index in [0.29, 0.717) is 10.1 Å². The number of methoxy groups -OCH3 is 1. The molecule has 0 aliphatic carbocycles. The number of thioether (sulfide) groups is 1. The first-order chi connectivity index (χ1) is 11.5. The molecule has 1 saturated heterocycles. The first kappa shape index (κ1) is 16.3. The molecule has 122 valence electrons. The van der Waals surface area contributed by atoms with Gasteiger partial charge in [0, 0.05) is 0 Å². The van der Waals surface area contributed by atoms with Gasteiger partial charge in [0.25, 0.3) is 5.91 Å². The van der Waals surface area contributed by atoms with Crippen LogP contribution in [0.15, 0.2) is 52.4 Å². The molecule has 0 bridgehead atoms. The zero-order chi connectivity index (χ0) is 17.1. The first-order valence-electron chi connectivity index (χ1n) is 7.56. The summed E-state index contributed by atoms with van der Waals surface area (Å²) in [6.07, 6.45) is 1.85. The number of aliphatic imine (C=N–C) groups is 1. The third kappa shape index (κ3) is 3.68. The topological polar surface area (TPSA) is 50.7 Å². The Bertz CT molecular complexity index is 839. The smallest absolute Gasteiger partial charge is 0.264 e. The van der Waals surface area contributed by atoms with Crippen molar-refractivity contribution in [3.8, 4) is 5.75 Å². The maximum absolute atomic E-state index is 12.1. The van der Waals surface area contributed by atoms with E-state index in [4.69, 9.17) is 4.74 Å². The molecule has 0 radical (unpaired) electrons. The van der Waals surface area contributed by atoms with E-state index in [1.165, 1.54) is 11.8 Å². The Morgan fingerprint density at radius 2 is 1.88 bits per heavy atom. The molecule has 2 aromatic carbocycles. The van der Waals surface area contributed by atoms with Crippen molar-refractivity contribution < 1.29 is 9.53 Å². The largest absolute Gasteiger partial charge is 0.497 e. The molecule has 2 aromatic rings. The van der Waals surface area contributed by atoms with Crippen LogP contribution in [0.4, 0.5) is 5.69 Å². The van der Waals surface area contributed by atoms with Crippen LogP contribution >= 0.6 is 11.8 Å². The molecule has 0 atom stereocenters. The van der Waals surface area contributed by atoms with Gasteiger partial charge in [0.1, 0.15) is 5.75 Å². The van der Waals surface area contributed by atoms with E-state index in [1.54, 1.807) is 7.11 Å². The van der Waals surface area contributed by atoms with Gasteiger partial charge in [-0.3, -0.25) is 4.79 Å². The lowest BCUT2D eigenvalue weighted by molar-refractivity contribution is -0.115. The van der Waals surface area contributed by atoms with Crippen molar-refractivity contribution in [2.45, 2.75) is 13.8 Å². The second kappa shape index (κ2) is 6.93. The molecule has 0 saturated carbocycles. The summed E-state index contributed by atoms with van der Waals surface area (Å²) in [5.74, 6) is 0.665. The number of hydrogen-bond donors (Lipinski definition) is 1. The molecule has 0 spiro atoms. The summed E-state index contributed by atoms with van der Waals surface area (Å²) in [6, 6.07) is 13.7. The average molecular weight is 338 g/mol. The van der Waals surface area contributed by atoms with Crippen molar-refractivity contribution in [2.75, 3.05) is 7.11 Å². The number of aryl methyl sites for hydroxylation is 2. The zero-order valence-corrected chi connectivity index (χ0v) is 14.6. The van der Waals surface area contributed by atoms with Gasteiger partial charge in [-0.1, -0.05) is 24.3 Å². The third-order valence-corrected chi connectivity index (χ3v) is 4.56. The van der Waals surface area contributed by atoms with Gasteiger partial charge in [0.05, 0.1) is 17.7 Å². The van der Waals surface area contributed by atoms with Crippen molar-refractivity contribution in [1.29, 1.82) is 0 Å². The monoisotopic (exact) mass is 338 g/mol. The minimum atomic E-state index is -0.125. The van der Waals surface area contributed by atoms with Gasteiger partial charge in [-0.2, -0.15) is 0 Å². The molecule has 24 heavy (non-hydrogen) atoms. The Hall–Kier alpha value is -2.53. The molecular weight excluding hydrogens is 320 g/mol. The molecule has 0 aromatic heterocycles. The lowest BCUT2D eigenvalue weighted by atomic mass is 10.1. The van der Waals surface area contributed by atoms with E-state index in [-0.39, 0.29) is 5.91 Å². The van der Waals surface area contributed by atoms with Crippen LogP contribution in [0.5, 0.6) is 5.75 Å². The van der Waals surface area contributed by atoms with E-state index in [2.05, 4.69) is 16.4 Å². The molecule has 3 rings (SSSR count). The number of amides is 1. The average Bonchev–Trinajstić information content (AvgIpc) is 2.91. The fourth-order valence-corrected chi connectivity index (χ4v) is 3.12. The quantitative estimate of drug-likeness (QED) is 0.853. The molecular formula is C19H18N2O2S. The van der Waals surface area contributed by atoms with Gasteiger partial charge < -0.3 is 10.1 Å². The maximum Gasteiger partial charge on any atom is 0.264 e. The SMILES string of the molecule is COc1ccc(/C=C2\SC(=Nc3cc(C)ccc3C)NC2=O)cc1. The number of rotatable bonds is 3. The van der Waals surface area contributed by atoms with Crippen LogP contribution < -0.4 is 10.1 Å². The van der Waals surface area contributed by atoms with Gasteiger partial charge in [0.2, 0.25) is 0 Å². The number of carbonyl (C=O) groups excluding carboxylic acids is 1. The Morgan fingerprint density at radius 3 is 2.58 bits per heavy atom. The molecule has 1 aliphatic heterocycles. The summed E-state index contributed by atoms with van der Waals surface area (Å²) >= 11 is 1.35. The van der Waals surface area contributed by atoms with Gasteiger partial charge in [-0.05, 0) is 66.6 Å². The predicted molar refractivity (Wildman–Crippen MR) is 99.7 cm³/mol. The fraction of sp³-hybridized carbons (Fsp3) is 0.158. The van der Waals surface area contributed by atoms with Crippen molar-refractivity contribution in [2.24, 2.45) is 4.99 Å². The summed E-state index contributed by atoms with van der Waals surface area (Å²) in [4.78, 5) is 17.4. The van der Waals surface area contributed by atoms with Crippen LogP contribution in [0.25, 0.3) is 6.08 Å². The van der Waals surface area contributed by atoms with Crippen molar-refractivity contribution in [1.82, 2.24) is 5.32 Å². The highest BCUT2D eigenvalue weighted by Crippen LogP contribution is 2.29. The van der Waals surface area contributed by atoms with Crippen LogP contribution in [0, 0.1) is 13.8 Å². The van der Waals surface area contributed by atoms with Crippen LogP contribution in [0.3, 0.4) is 0 Å². The van der Waals surface area contributed by atoms with Crippen molar-refractivity contribution >= 4 is 34.6 Å². The maximum atomic E-state index is 12.1. The van der Waals surface area contributed by atoms with E-state index in [9.17, 15) is 4.79 Å². The summed E-state index contributed by atoms with van der Waals surface area (Å²) in [6.45, 7) is 4.03. The number of nitrogens with one attached hydrogen (secondary N) is 1. The number of nitrogens with zero attached hydrogens (tertiary/aromatic N) is 1. The number of amidine groups is 1. The summed E-state index contributed by atoms with van der Waals surface area (Å²) in [7, 11) is 1.63. The van der Waals surface area contributed by atoms with E-state index >= 15 is 0 Å². The Kier molecular flexibility index (Phi) is 4.71. The van der Waals surface area contributed by atoms with Gasteiger partial charge in [-0.25, -0.2) is 4.99 Å². The van der Waals surface area contributed by atoms with Crippen LogP contribution in [0.2, 0.25) is 0 Å². The number of ether oxygens (including phenoxy) is 1. The fourth-order valence-electron chi connectivity index (χ4n) is 2.28. The third-order valence-electron chi connectivity index (χ3n) is 3.65. The van der Waals surface area contributed by atoms with Crippen LogP contribution in [0.1, 0.15) is 16.7 Å². The van der Waals surface area contributed by atoms with Crippen molar-refractivity contribution in [3.05, 3.63) is 64.1 Å². The highest BCUT2D eigenvalue weighted by atomic mass is 32.2. The van der Waals surface area contributed by atoms with Gasteiger partial charge >= 0.3 is 0 Å². The normalized spacial score (nSPS) is 17.4. The first-order valence-corrected chi connectivity index (χ1v) is 8.38. The second-order valence-corrected chi connectivity index (χ2v) is 6.58. The molecule has 4 nitrogen and oxygen atoms in total. The Morgan fingerprint density at radius 1 is 1.12 bits per heavy atom. The van der Waals surface area contributed by atoms with Crippen LogP contribution in [-0.4, -0.2) is 18.2 Å². The molecule has 1 N–H and O–H groups in total. The molecule has 0 unspecified atom stereocenters. The number of benzene rings is 2. The Labute approximate surface area is 145 Å². The van der Waals surface area contributed by atoms with Gasteiger partial charge in [0.15, 0.2) is 5.17 Å². The number of carbonyl (C=O) groups is 1. The van der Waals surface area contributed by atoms with E-state index < -0.39 is 0 Å². The minimum absolute atomic E-state index is 0.125. The zero-order valence-electron chi connectivity index (χ0n) is 13.8. The molecule has 5 heteroatoms. The van der Waals surface area contributed by atoms with E-state index in [1.807, 2.05) is 56.3 Å². The Balaban J connectivity index is 1.83. The molecule has 1 heterocycles. The predicted octanol–water partition coefficient (Wildman–Crippen LogP) is 4.20. The lowest BCUT2D eigenvalue weighted by Gasteiger charge is -2.02. The molecule has 1 aliphatic rings. The summed E-state index contributed by atoms with van der Waals surface area (Å²) in [5, 5.41) is 3.43. The standard InChI is InChI=1S/C19H18N2O2S/c1-12-4-5-13(2)16(10-12)20-19-21-18(22)17(24-19)11-14-6-8-15(23-3)9-7-14/h4-11H,1-3H3,(H,20,21,22)/b17-11-. The highest BCUT2D eigenvalue weighted by molar-refractivity contribution is 8.18. The number of hydrogen-bond acceptors (Lipinski definition) is 4.